The molecule has 0 radical (unpaired) electrons. The average Bonchev–Trinajstić information content (AvgIpc) is 2.02. The van der Waals surface area contributed by atoms with Crippen molar-refractivity contribution >= 4 is 0 Å². The van der Waals surface area contributed by atoms with E-state index in [4.69, 9.17) is 9.84 Å². The van der Waals surface area contributed by atoms with Crippen molar-refractivity contribution in [2.24, 2.45) is 0 Å². The Balaban J connectivity index is 2.67. The van der Waals surface area contributed by atoms with E-state index in [2.05, 4.69) is 0 Å². The molecule has 2 nitrogen and oxygen atoms in total. The first-order valence-electron chi connectivity index (χ1n) is 3.85. The van der Waals surface area contributed by atoms with Gasteiger partial charge >= 0.3 is 0 Å². The number of benzene rings is 1. The summed E-state index contributed by atoms with van der Waals surface area (Å²) in [6.07, 6.45) is -0.676. The minimum Gasteiger partial charge on any atom is -0.488 e. The van der Waals surface area contributed by atoms with Crippen LogP contribution in [0.4, 0.5) is 8.78 Å². The second-order valence-corrected chi connectivity index (χ2v) is 2.73. The van der Waals surface area contributed by atoms with Crippen molar-refractivity contribution in [3.63, 3.8) is 0 Å². The van der Waals surface area contributed by atoms with E-state index in [1.165, 1.54) is 13.0 Å². The summed E-state index contributed by atoms with van der Waals surface area (Å²) < 4.78 is 30.1. The Hall–Kier alpha value is -1.16. The van der Waals surface area contributed by atoms with Crippen LogP contribution in [-0.4, -0.2) is 17.8 Å². The number of rotatable bonds is 3. The van der Waals surface area contributed by atoms with Crippen molar-refractivity contribution in [3.8, 4) is 5.75 Å². The lowest BCUT2D eigenvalue weighted by Crippen LogP contribution is -2.13. The first-order chi connectivity index (χ1) is 6.09. The van der Waals surface area contributed by atoms with Crippen LogP contribution in [0.15, 0.2) is 18.2 Å². The number of hydrogen-bond donors (Lipinski definition) is 1. The van der Waals surface area contributed by atoms with Crippen LogP contribution in [0, 0.1) is 11.6 Å². The number of ether oxygens (including phenoxy) is 1. The predicted octanol–water partition coefficient (Wildman–Crippen LogP) is 1.72. The molecule has 1 aromatic carbocycles. The first kappa shape index (κ1) is 9.92. The molecule has 0 saturated heterocycles. The molecule has 1 aromatic rings. The third-order valence-corrected chi connectivity index (χ3v) is 1.37. The normalized spacial score (nSPS) is 12.6. The number of halogens is 2. The maximum atomic E-state index is 12.9. The lowest BCUT2D eigenvalue weighted by molar-refractivity contribution is 0.120. The summed E-state index contributed by atoms with van der Waals surface area (Å²) in [5.41, 5.74) is 0. The van der Waals surface area contributed by atoms with Crippen LogP contribution in [0.1, 0.15) is 6.92 Å². The van der Waals surface area contributed by atoms with Crippen molar-refractivity contribution in [1.29, 1.82) is 0 Å². The lowest BCUT2D eigenvalue weighted by atomic mass is 10.3. The van der Waals surface area contributed by atoms with Crippen LogP contribution in [0.3, 0.4) is 0 Å². The maximum absolute atomic E-state index is 12.9. The Labute approximate surface area is 74.8 Å². The van der Waals surface area contributed by atoms with E-state index in [0.29, 0.717) is 0 Å². The molecule has 0 amide bonds. The summed E-state index contributed by atoms with van der Waals surface area (Å²) in [6, 6.07) is 3.02. The van der Waals surface area contributed by atoms with E-state index in [-0.39, 0.29) is 12.4 Å². The van der Waals surface area contributed by atoms with Crippen LogP contribution in [0.25, 0.3) is 0 Å². The molecule has 1 rings (SSSR count). The summed E-state index contributed by atoms with van der Waals surface area (Å²) in [5.74, 6) is -1.47. The molecular weight excluding hydrogens is 178 g/mol. The van der Waals surface area contributed by atoms with E-state index in [0.717, 1.165) is 12.1 Å². The molecule has 0 bridgehead atoms. The fourth-order valence-corrected chi connectivity index (χ4v) is 0.803. The highest BCUT2D eigenvalue weighted by atomic mass is 19.1. The largest absolute Gasteiger partial charge is 0.488 e. The van der Waals surface area contributed by atoms with Gasteiger partial charge in [0.15, 0.2) is 11.6 Å². The minimum atomic E-state index is -0.763. The predicted molar refractivity (Wildman–Crippen MR) is 43.5 cm³/mol. The Bertz CT molecular complexity index is 287. The molecular formula is C9H10F2O2. The van der Waals surface area contributed by atoms with E-state index >= 15 is 0 Å². The fraction of sp³-hybridized carbons (Fsp3) is 0.333. The summed E-state index contributed by atoms with van der Waals surface area (Å²) in [7, 11) is 0. The molecule has 0 aromatic heterocycles. The molecule has 0 spiro atoms. The van der Waals surface area contributed by atoms with Crippen molar-refractivity contribution in [1.82, 2.24) is 0 Å². The van der Waals surface area contributed by atoms with Crippen LogP contribution < -0.4 is 4.74 Å². The average molecular weight is 188 g/mol. The fourth-order valence-electron chi connectivity index (χ4n) is 0.803. The number of aliphatic hydroxyl groups is 1. The van der Waals surface area contributed by atoms with Crippen molar-refractivity contribution < 1.29 is 18.6 Å². The Morgan fingerprint density at radius 2 is 2.15 bits per heavy atom. The molecule has 0 heterocycles. The Morgan fingerprint density at radius 3 is 2.69 bits per heavy atom. The van der Waals surface area contributed by atoms with Crippen LogP contribution in [0.2, 0.25) is 0 Å². The highest BCUT2D eigenvalue weighted by Gasteiger charge is 2.05. The SMILES string of the molecule is CC(O)COc1ccc(F)cc1F. The summed E-state index contributed by atoms with van der Waals surface area (Å²) in [6.45, 7) is 1.50. The maximum Gasteiger partial charge on any atom is 0.167 e. The molecule has 1 atom stereocenters. The van der Waals surface area contributed by atoms with E-state index in [1.807, 2.05) is 0 Å². The highest BCUT2D eigenvalue weighted by Crippen LogP contribution is 2.17. The zero-order chi connectivity index (χ0) is 9.84. The molecule has 4 heteroatoms. The van der Waals surface area contributed by atoms with Gasteiger partial charge in [-0.25, -0.2) is 8.78 Å². The lowest BCUT2D eigenvalue weighted by Gasteiger charge is -2.08. The van der Waals surface area contributed by atoms with Crippen molar-refractivity contribution in [2.45, 2.75) is 13.0 Å². The standard InChI is InChI=1S/C9H10F2O2/c1-6(12)5-13-9-3-2-7(10)4-8(9)11/h2-4,6,12H,5H2,1H3. The van der Waals surface area contributed by atoms with Gasteiger partial charge in [0.1, 0.15) is 12.4 Å². The zero-order valence-corrected chi connectivity index (χ0v) is 7.13. The van der Waals surface area contributed by atoms with Gasteiger partial charge in [0.2, 0.25) is 0 Å². The van der Waals surface area contributed by atoms with Crippen molar-refractivity contribution in [3.05, 3.63) is 29.8 Å². The molecule has 1 unspecified atom stereocenters. The summed E-state index contributed by atoms with van der Waals surface area (Å²) in [5, 5.41) is 8.84. The number of aliphatic hydroxyl groups excluding tert-OH is 1. The molecule has 0 fully saturated rings. The molecule has 0 aliphatic rings. The molecule has 0 aliphatic heterocycles. The second kappa shape index (κ2) is 4.18. The quantitative estimate of drug-likeness (QED) is 0.782. The van der Waals surface area contributed by atoms with Gasteiger partial charge in [-0.15, -0.1) is 0 Å². The van der Waals surface area contributed by atoms with Crippen LogP contribution >= 0.6 is 0 Å². The van der Waals surface area contributed by atoms with Crippen molar-refractivity contribution in [2.75, 3.05) is 6.61 Å². The monoisotopic (exact) mass is 188 g/mol. The smallest absolute Gasteiger partial charge is 0.167 e. The van der Waals surface area contributed by atoms with E-state index in [9.17, 15) is 8.78 Å². The Kier molecular flexibility index (Phi) is 3.19. The zero-order valence-electron chi connectivity index (χ0n) is 7.13. The van der Waals surface area contributed by atoms with Gasteiger partial charge < -0.3 is 9.84 Å². The Morgan fingerprint density at radius 1 is 1.46 bits per heavy atom. The van der Waals surface area contributed by atoms with Gasteiger partial charge in [0.25, 0.3) is 0 Å². The van der Waals surface area contributed by atoms with Gasteiger partial charge in [0, 0.05) is 6.07 Å². The van der Waals surface area contributed by atoms with Gasteiger partial charge in [-0.05, 0) is 19.1 Å². The highest BCUT2D eigenvalue weighted by molar-refractivity contribution is 5.24. The number of hydrogen-bond acceptors (Lipinski definition) is 2. The topological polar surface area (TPSA) is 29.5 Å². The molecule has 1 N–H and O–H groups in total. The molecule has 0 aliphatic carbocycles. The second-order valence-electron chi connectivity index (χ2n) is 2.73. The van der Waals surface area contributed by atoms with Gasteiger partial charge in [-0.3, -0.25) is 0 Å². The minimum absolute atomic E-state index is 0.0114. The molecule has 72 valence electrons. The van der Waals surface area contributed by atoms with Crippen LogP contribution in [0.5, 0.6) is 5.75 Å². The third kappa shape index (κ3) is 2.99. The first-order valence-corrected chi connectivity index (χ1v) is 3.85. The van der Waals surface area contributed by atoms with Gasteiger partial charge in [0.05, 0.1) is 6.10 Å². The van der Waals surface area contributed by atoms with E-state index in [1.54, 1.807) is 0 Å². The molecule has 13 heavy (non-hydrogen) atoms. The molecule has 0 saturated carbocycles. The summed E-state index contributed by atoms with van der Waals surface area (Å²) >= 11 is 0. The van der Waals surface area contributed by atoms with E-state index < -0.39 is 17.7 Å². The summed E-state index contributed by atoms with van der Waals surface area (Å²) in [4.78, 5) is 0. The van der Waals surface area contributed by atoms with Gasteiger partial charge in [-0.2, -0.15) is 0 Å². The van der Waals surface area contributed by atoms with Gasteiger partial charge in [-0.1, -0.05) is 0 Å². The van der Waals surface area contributed by atoms with Crippen LogP contribution in [-0.2, 0) is 0 Å². The third-order valence-electron chi connectivity index (χ3n) is 1.37.